The molecule has 0 aliphatic rings. The molecule has 5 heteroatoms. The molecule has 0 spiro atoms. The Morgan fingerprint density at radius 3 is 3.07 bits per heavy atom. The number of aromatic nitrogens is 3. The number of nitrogens with two attached hydrogens (primary N) is 1. The molecule has 0 bridgehead atoms. The predicted molar refractivity (Wildman–Crippen MR) is 61.6 cm³/mol. The molecule has 2 heterocycles. The van der Waals surface area contributed by atoms with Crippen molar-refractivity contribution in [2.24, 2.45) is 0 Å². The molecular formula is C10H8N4S. The first-order valence-corrected chi connectivity index (χ1v) is 5.26. The molecule has 1 aromatic carbocycles. The lowest BCUT2D eigenvalue weighted by Gasteiger charge is -1.97. The van der Waals surface area contributed by atoms with Crippen molar-refractivity contribution in [3.8, 4) is 11.3 Å². The van der Waals surface area contributed by atoms with E-state index in [1.807, 2.05) is 30.5 Å². The third kappa shape index (κ3) is 1.28. The van der Waals surface area contributed by atoms with Gasteiger partial charge in [-0.1, -0.05) is 18.2 Å². The summed E-state index contributed by atoms with van der Waals surface area (Å²) in [5.74, 6) is 0.506. The lowest BCUT2D eigenvalue weighted by atomic mass is 10.1. The second-order valence-electron chi connectivity index (χ2n) is 3.26. The van der Waals surface area contributed by atoms with Crippen molar-refractivity contribution in [1.82, 2.24) is 14.6 Å². The van der Waals surface area contributed by atoms with E-state index in [0.29, 0.717) is 5.82 Å². The summed E-state index contributed by atoms with van der Waals surface area (Å²) >= 11 is 1.48. The maximum Gasteiger partial charge on any atom is 0.145 e. The number of rotatable bonds is 1. The number of benzene rings is 1. The molecule has 0 aliphatic heterocycles. The maximum absolute atomic E-state index is 5.58. The number of aromatic amines is 1. The first-order chi connectivity index (χ1) is 7.34. The van der Waals surface area contributed by atoms with E-state index < -0.39 is 0 Å². The molecule has 3 rings (SSSR count). The fraction of sp³-hybridized carbons (Fsp3) is 0. The van der Waals surface area contributed by atoms with Gasteiger partial charge in [0.1, 0.15) is 5.82 Å². The van der Waals surface area contributed by atoms with Crippen molar-refractivity contribution in [3.63, 3.8) is 0 Å². The van der Waals surface area contributed by atoms with Gasteiger partial charge in [0.15, 0.2) is 0 Å². The van der Waals surface area contributed by atoms with E-state index in [2.05, 4.69) is 14.6 Å². The summed E-state index contributed by atoms with van der Waals surface area (Å²) in [5, 5.41) is 7.97. The van der Waals surface area contributed by atoms with E-state index in [-0.39, 0.29) is 0 Å². The highest BCUT2D eigenvalue weighted by atomic mass is 32.1. The Hall–Kier alpha value is -1.88. The van der Waals surface area contributed by atoms with Crippen LogP contribution in [-0.4, -0.2) is 14.6 Å². The van der Waals surface area contributed by atoms with Gasteiger partial charge < -0.3 is 5.73 Å². The zero-order valence-corrected chi connectivity index (χ0v) is 8.58. The van der Waals surface area contributed by atoms with E-state index >= 15 is 0 Å². The SMILES string of the molecule is Nc1cc(-c2cccc3cnsc23)[nH]n1. The fourth-order valence-electron chi connectivity index (χ4n) is 1.58. The Labute approximate surface area is 89.9 Å². The van der Waals surface area contributed by atoms with Crippen molar-refractivity contribution >= 4 is 27.4 Å². The van der Waals surface area contributed by atoms with Crippen LogP contribution in [0.5, 0.6) is 0 Å². The summed E-state index contributed by atoms with van der Waals surface area (Å²) in [5.41, 5.74) is 7.61. The number of H-pyrrole nitrogens is 1. The molecule has 0 unspecified atom stereocenters. The second kappa shape index (κ2) is 3.06. The molecule has 3 aromatic rings. The number of anilines is 1. The molecule has 3 N–H and O–H groups in total. The summed E-state index contributed by atoms with van der Waals surface area (Å²) in [6.07, 6.45) is 1.86. The molecule has 0 amide bonds. The summed E-state index contributed by atoms with van der Waals surface area (Å²) in [6.45, 7) is 0. The van der Waals surface area contributed by atoms with Crippen molar-refractivity contribution < 1.29 is 0 Å². The monoisotopic (exact) mass is 216 g/mol. The Bertz CT molecular complexity index is 610. The fourth-order valence-corrected chi connectivity index (χ4v) is 2.36. The van der Waals surface area contributed by atoms with Crippen LogP contribution in [0, 0.1) is 0 Å². The largest absolute Gasteiger partial charge is 0.382 e. The standard InChI is InChI=1S/C10H8N4S/c11-9-4-8(13-14-9)7-3-1-2-6-5-12-15-10(6)7/h1-5H,(H3,11,13,14). The van der Waals surface area contributed by atoms with Crippen LogP contribution in [0.25, 0.3) is 21.3 Å². The van der Waals surface area contributed by atoms with Crippen molar-refractivity contribution in [2.75, 3.05) is 5.73 Å². The van der Waals surface area contributed by atoms with E-state index in [0.717, 1.165) is 21.3 Å². The van der Waals surface area contributed by atoms with Gasteiger partial charge in [0.05, 0.1) is 10.4 Å². The van der Waals surface area contributed by atoms with Crippen LogP contribution >= 0.6 is 11.5 Å². The minimum absolute atomic E-state index is 0.506. The smallest absolute Gasteiger partial charge is 0.145 e. The van der Waals surface area contributed by atoms with Gasteiger partial charge >= 0.3 is 0 Å². The highest BCUT2D eigenvalue weighted by Gasteiger charge is 2.07. The van der Waals surface area contributed by atoms with Gasteiger partial charge in [0.2, 0.25) is 0 Å². The van der Waals surface area contributed by atoms with Gasteiger partial charge in [-0.15, -0.1) is 0 Å². The molecule has 74 valence electrons. The van der Waals surface area contributed by atoms with Gasteiger partial charge in [-0.25, -0.2) is 0 Å². The molecule has 0 saturated heterocycles. The number of fused-ring (bicyclic) bond motifs is 1. The number of nitrogens with zero attached hydrogens (tertiary/aromatic N) is 2. The lowest BCUT2D eigenvalue weighted by Crippen LogP contribution is -1.81. The molecule has 0 radical (unpaired) electrons. The highest BCUT2D eigenvalue weighted by molar-refractivity contribution is 7.13. The van der Waals surface area contributed by atoms with Crippen molar-refractivity contribution in [3.05, 3.63) is 30.5 Å². The molecule has 0 aliphatic carbocycles. The van der Waals surface area contributed by atoms with E-state index in [1.165, 1.54) is 11.5 Å². The maximum atomic E-state index is 5.58. The molecule has 4 nitrogen and oxygen atoms in total. The van der Waals surface area contributed by atoms with Crippen LogP contribution in [0.15, 0.2) is 30.5 Å². The summed E-state index contributed by atoms with van der Waals surface area (Å²) < 4.78 is 5.32. The van der Waals surface area contributed by atoms with Crippen LogP contribution in [0.3, 0.4) is 0 Å². The van der Waals surface area contributed by atoms with E-state index in [9.17, 15) is 0 Å². The average Bonchev–Trinajstić information content (AvgIpc) is 2.84. The molecule has 0 fully saturated rings. The predicted octanol–water partition coefficient (Wildman–Crippen LogP) is 2.27. The topological polar surface area (TPSA) is 67.6 Å². The molecule has 0 atom stereocenters. The lowest BCUT2D eigenvalue weighted by molar-refractivity contribution is 1.10. The van der Waals surface area contributed by atoms with Gasteiger partial charge in [0, 0.05) is 23.2 Å². The van der Waals surface area contributed by atoms with Crippen LogP contribution in [0.4, 0.5) is 5.82 Å². The number of hydrogen-bond donors (Lipinski definition) is 2. The minimum Gasteiger partial charge on any atom is -0.382 e. The van der Waals surface area contributed by atoms with Crippen LogP contribution in [-0.2, 0) is 0 Å². The Balaban J connectivity index is 2.30. The van der Waals surface area contributed by atoms with Crippen LogP contribution in [0.1, 0.15) is 0 Å². The quantitative estimate of drug-likeness (QED) is 0.655. The van der Waals surface area contributed by atoms with E-state index in [1.54, 1.807) is 0 Å². The zero-order valence-electron chi connectivity index (χ0n) is 7.77. The van der Waals surface area contributed by atoms with Gasteiger partial charge in [-0.3, -0.25) is 5.10 Å². The number of nitrogens with one attached hydrogen (secondary N) is 1. The third-order valence-electron chi connectivity index (χ3n) is 2.27. The first-order valence-electron chi connectivity index (χ1n) is 4.49. The molecular weight excluding hydrogens is 208 g/mol. The van der Waals surface area contributed by atoms with Gasteiger partial charge in [0.25, 0.3) is 0 Å². The first kappa shape index (κ1) is 8.43. The van der Waals surface area contributed by atoms with Crippen LogP contribution < -0.4 is 5.73 Å². The van der Waals surface area contributed by atoms with Crippen LogP contribution in [0.2, 0.25) is 0 Å². The minimum atomic E-state index is 0.506. The molecule has 15 heavy (non-hydrogen) atoms. The van der Waals surface area contributed by atoms with Gasteiger partial charge in [-0.05, 0) is 11.5 Å². The Kier molecular flexibility index (Phi) is 1.72. The van der Waals surface area contributed by atoms with Crippen molar-refractivity contribution in [1.29, 1.82) is 0 Å². The second-order valence-corrected chi connectivity index (χ2v) is 4.06. The van der Waals surface area contributed by atoms with E-state index in [4.69, 9.17) is 5.73 Å². The summed E-state index contributed by atoms with van der Waals surface area (Å²) in [6, 6.07) is 7.91. The number of nitrogen functional groups attached to an aromatic ring is 1. The highest BCUT2D eigenvalue weighted by Crippen LogP contribution is 2.30. The molecule has 2 aromatic heterocycles. The summed E-state index contributed by atoms with van der Waals surface area (Å²) in [4.78, 5) is 0. The zero-order chi connectivity index (χ0) is 10.3. The normalized spacial score (nSPS) is 10.9. The third-order valence-corrected chi connectivity index (χ3v) is 3.12. The Morgan fingerprint density at radius 2 is 2.27 bits per heavy atom. The van der Waals surface area contributed by atoms with Crippen molar-refractivity contribution in [2.45, 2.75) is 0 Å². The van der Waals surface area contributed by atoms with Gasteiger partial charge in [-0.2, -0.15) is 9.47 Å². The summed E-state index contributed by atoms with van der Waals surface area (Å²) in [7, 11) is 0. The average molecular weight is 216 g/mol. The Morgan fingerprint density at radius 1 is 1.33 bits per heavy atom. The number of hydrogen-bond acceptors (Lipinski definition) is 4. The molecule has 0 saturated carbocycles.